The number of rotatable bonds is 2. The highest BCUT2D eigenvalue weighted by Gasteiger charge is 2.23. The molecule has 2 N–H and O–H groups in total. The third-order valence-corrected chi connectivity index (χ3v) is 3.60. The van der Waals surface area contributed by atoms with Gasteiger partial charge in [0, 0.05) is 28.9 Å². The molecule has 19 heavy (non-hydrogen) atoms. The van der Waals surface area contributed by atoms with Gasteiger partial charge in [0.15, 0.2) is 0 Å². The fourth-order valence-electron chi connectivity index (χ4n) is 2.31. The van der Waals surface area contributed by atoms with E-state index in [9.17, 15) is 5.11 Å². The van der Waals surface area contributed by atoms with Crippen molar-refractivity contribution in [2.75, 3.05) is 18.5 Å². The monoisotopic (exact) mass is 278 g/mol. The molecule has 4 nitrogen and oxygen atoms in total. The van der Waals surface area contributed by atoms with E-state index in [4.69, 9.17) is 16.3 Å². The Hall–Kier alpha value is -1.36. The van der Waals surface area contributed by atoms with Gasteiger partial charge in [-0.3, -0.25) is 4.98 Å². The molecular weight excluding hydrogens is 264 g/mol. The second kappa shape index (κ2) is 5.33. The van der Waals surface area contributed by atoms with Crippen LogP contribution in [-0.4, -0.2) is 35.5 Å². The zero-order valence-electron chi connectivity index (χ0n) is 10.3. The molecule has 1 fully saturated rings. The van der Waals surface area contributed by atoms with E-state index in [2.05, 4.69) is 10.3 Å². The molecule has 0 radical (unpaired) electrons. The van der Waals surface area contributed by atoms with E-state index in [1.54, 1.807) is 6.20 Å². The van der Waals surface area contributed by atoms with Gasteiger partial charge < -0.3 is 15.2 Å². The van der Waals surface area contributed by atoms with Gasteiger partial charge in [0.2, 0.25) is 0 Å². The minimum Gasteiger partial charge on any atom is -0.391 e. The van der Waals surface area contributed by atoms with Gasteiger partial charge in [-0.1, -0.05) is 11.6 Å². The Morgan fingerprint density at radius 2 is 2.26 bits per heavy atom. The maximum Gasteiger partial charge on any atom is 0.0785 e. The smallest absolute Gasteiger partial charge is 0.0785 e. The SMILES string of the molecule is O[C@@H]1CCOC[C@H]1Nc1ccnc2cc(Cl)ccc12. The van der Waals surface area contributed by atoms with Crippen LogP contribution in [-0.2, 0) is 4.74 Å². The van der Waals surface area contributed by atoms with Crippen LogP contribution in [0.4, 0.5) is 5.69 Å². The Kier molecular flexibility index (Phi) is 3.55. The van der Waals surface area contributed by atoms with Crippen molar-refractivity contribution in [1.82, 2.24) is 4.98 Å². The van der Waals surface area contributed by atoms with E-state index in [1.165, 1.54) is 0 Å². The molecule has 1 aromatic heterocycles. The van der Waals surface area contributed by atoms with Crippen molar-refractivity contribution in [1.29, 1.82) is 0 Å². The standard InChI is InChI=1S/C14H15ClN2O2/c15-9-1-2-10-11(3-5-16-12(10)7-9)17-13-8-19-6-4-14(13)18/h1-3,5,7,13-14,18H,4,6,8H2,(H,16,17)/t13-,14-/m1/s1. The van der Waals surface area contributed by atoms with Crippen molar-refractivity contribution in [3.8, 4) is 0 Å². The minimum absolute atomic E-state index is 0.0879. The van der Waals surface area contributed by atoms with Crippen LogP contribution in [0, 0.1) is 0 Å². The maximum absolute atomic E-state index is 9.97. The average molecular weight is 279 g/mol. The Labute approximate surface area is 116 Å². The van der Waals surface area contributed by atoms with E-state index in [1.807, 2.05) is 24.3 Å². The molecule has 2 atom stereocenters. The van der Waals surface area contributed by atoms with Crippen molar-refractivity contribution < 1.29 is 9.84 Å². The molecule has 0 unspecified atom stereocenters. The summed E-state index contributed by atoms with van der Waals surface area (Å²) in [6, 6.07) is 7.41. The zero-order chi connectivity index (χ0) is 13.2. The molecule has 5 heteroatoms. The topological polar surface area (TPSA) is 54.4 Å². The van der Waals surface area contributed by atoms with Gasteiger partial charge in [-0.2, -0.15) is 0 Å². The van der Waals surface area contributed by atoms with E-state index in [-0.39, 0.29) is 12.1 Å². The van der Waals surface area contributed by atoms with Crippen molar-refractivity contribution in [2.24, 2.45) is 0 Å². The number of anilines is 1. The summed E-state index contributed by atoms with van der Waals surface area (Å²) in [7, 11) is 0. The third-order valence-electron chi connectivity index (χ3n) is 3.37. The lowest BCUT2D eigenvalue weighted by Gasteiger charge is -2.29. The first-order valence-corrected chi connectivity index (χ1v) is 6.68. The number of aliphatic hydroxyl groups is 1. The first-order chi connectivity index (χ1) is 9.24. The zero-order valence-corrected chi connectivity index (χ0v) is 11.1. The van der Waals surface area contributed by atoms with Crippen LogP contribution in [0.3, 0.4) is 0 Å². The summed E-state index contributed by atoms with van der Waals surface area (Å²) in [6.45, 7) is 1.13. The Morgan fingerprint density at radius 1 is 1.37 bits per heavy atom. The van der Waals surface area contributed by atoms with Crippen LogP contribution in [0.5, 0.6) is 0 Å². The number of benzene rings is 1. The van der Waals surface area contributed by atoms with Crippen molar-refractivity contribution in [3.63, 3.8) is 0 Å². The average Bonchev–Trinajstić information content (AvgIpc) is 2.41. The van der Waals surface area contributed by atoms with Crippen LogP contribution >= 0.6 is 11.6 Å². The second-order valence-corrected chi connectivity index (χ2v) is 5.14. The van der Waals surface area contributed by atoms with E-state index < -0.39 is 0 Å². The number of aliphatic hydroxyl groups excluding tert-OH is 1. The lowest BCUT2D eigenvalue weighted by atomic mass is 10.1. The largest absolute Gasteiger partial charge is 0.391 e. The number of pyridine rings is 1. The maximum atomic E-state index is 9.97. The fourth-order valence-corrected chi connectivity index (χ4v) is 2.48. The molecule has 1 aromatic carbocycles. The van der Waals surface area contributed by atoms with Gasteiger partial charge in [0.25, 0.3) is 0 Å². The number of ether oxygens (including phenoxy) is 1. The Balaban J connectivity index is 1.92. The van der Waals surface area contributed by atoms with E-state index in [0.29, 0.717) is 24.7 Å². The van der Waals surface area contributed by atoms with Gasteiger partial charge in [0.1, 0.15) is 0 Å². The van der Waals surface area contributed by atoms with Crippen LogP contribution in [0.25, 0.3) is 10.9 Å². The normalized spacial score (nSPS) is 23.5. The summed E-state index contributed by atoms with van der Waals surface area (Å²) >= 11 is 5.97. The first kappa shape index (κ1) is 12.7. The van der Waals surface area contributed by atoms with Gasteiger partial charge in [-0.15, -0.1) is 0 Å². The second-order valence-electron chi connectivity index (χ2n) is 4.70. The summed E-state index contributed by atoms with van der Waals surface area (Å²) in [5, 5.41) is 15.0. The fraction of sp³-hybridized carbons (Fsp3) is 0.357. The first-order valence-electron chi connectivity index (χ1n) is 6.30. The lowest BCUT2D eigenvalue weighted by Crippen LogP contribution is -2.42. The molecule has 3 rings (SSSR count). The molecule has 0 aliphatic carbocycles. The van der Waals surface area contributed by atoms with Gasteiger partial charge >= 0.3 is 0 Å². The molecule has 1 aliphatic rings. The molecule has 1 aliphatic heterocycles. The highest BCUT2D eigenvalue weighted by Crippen LogP contribution is 2.26. The minimum atomic E-state index is -0.385. The number of fused-ring (bicyclic) bond motifs is 1. The Morgan fingerprint density at radius 3 is 3.11 bits per heavy atom. The van der Waals surface area contributed by atoms with E-state index >= 15 is 0 Å². The predicted molar refractivity (Wildman–Crippen MR) is 75.6 cm³/mol. The summed E-state index contributed by atoms with van der Waals surface area (Å²) in [4.78, 5) is 4.30. The van der Waals surface area contributed by atoms with Crippen LogP contribution in [0.1, 0.15) is 6.42 Å². The summed E-state index contributed by atoms with van der Waals surface area (Å²) < 4.78 is 5.40. The van der Waals surface area contributed by atoms with Crippen LogP contribution in [0.2, 0.25) is 5.02 Å². The highest BCUT2D eigenvalue weighted by molar-refractivity contribution is 6.31. The van der Waals surface area contributed by atoms with Crippen molar-refractivity contribution in [2.45, 2.75) is 18.6 Å². The highest BCUT2D eigenvalue weighted by atomic mass is 35.5. The number of hydrogen-bond acceptors (Lipinski definition) is 4. The molecule has 1 saturated heterocycles. The Bertz CT molecular complexity index is 591. The lowest BCUT2D eigenvalue weighted by molar-refractivity contribution is 0.00319. The molecule has 100 valence electrons. The molecule has 2 aromatic rings. The molecule has 0 bridgehead atoms. The van der Waals surface area contributed by atoms with Gasteiger partial charge in [-0.05, 0) is 30.7 Å². The van der Waals surface area contributed by atoms with Crippen molar-refractivity contribution in [3.05, 3.63) is 35.5 Å². The van der Waals surface area contributed by atoms with Gasteiger partial charge in [-0.25, -0.2) is 0 Å². The summed E-state index contributed by atoms with van der Waals surface area (Å²) in [5.41, 5.74) is 1.78. The van der Waals surface area contributed by atoms with Gasteiger partial charge in [0.05, 0.1) is 24.3 Å². The molecular formula is C14H15ClN2O2. The number of nitrogens with zero attached hydrogens (tertiary/aromatic N) is 1. The number of nitrogens with one attached hydrogen (secondary N) is 1. The summed E-state index contributed by atoms with van der Waals surface area (Å²) in [5.74, 6) is 0. The number of aromatic nitrogens is 1. The van der Waals surface area contributed by atoms with E-state index in [0.717, 1.165) is 16.6 Å². The van der Waals surface area contributed by atoms with Crippen LogP contribution < -0.4 is 5.32 Å². The quantitative estimate of drug-likeness (QED) is 0.886. The predicted octanol–water partition coefficient (Wildman–Crippen LogP) is 2.45. The number of hydrogen-bond donors (Lipinski definition) is 2. The third kappa shape index (κ3) is 2.66. The molecule has 0 saturated carbocycles. The number of halogens is 1. The molecule has 0 spiro atoms. The van der Waals surface area contributed by atoms with Crippen molar-refractivity contribution >= 4 is 28.2 Å². The van der Waals surface area contributed by atoms with Crippen LogP contribution in [0.15, 0.2) is 30.5 Å². The molecule has 2 heterocycles. The summed E-state index contributed by atoms with van der Waals surface area (Å²) in [6.07, 6.45) is 2.01. The molecule has 0 amide bonds.